The molecule has 2 aromatic carbocycles. The molecule has 8 heteroatoms. The summed E-state index contributed by atoms with van der Waals surface area (Å²) in [7, 11) is 0. The molecule has 2 rings (SSSR count). The van der Waals surface area contributed by atoms with Crippen LogP contribution in [0.4, 0.5) is 5.69 Å². The molecule has 0 saturated heterocycles. The number of nitrogens with one attached hydrogen (secondary N) is 3. The Labute approximate surface area is 182 Å². The first kappa shape index (κ1) is 23.9. The lowest BCUT2D eigenvalue weighted by atomic mass is 10.1. The maximum atomic E-state index is 12.1. The maximum Gasteiger partial charge on any atom is 0.269 e. The van der Waals surface area contributed by atoms with Crippen LogP contribution in [0.25, 0.3) is 0 Å². The molecule has 0 bridgehead atoms. The number of hydrogen-bond donors (Lipinski definition) is 3. The highest BCUT2D eigenvalue weighted by atomic mass is 16.5. The van der Waals surface area contributed by atoms with Gasteiger partial charge in [0.25, 0.3) is 5.91 Å². The normalized spacial score (nSPS) is 10.3. The third kappa shape index (κ3) is 8.47. The van der Waals surface area contributed by atoms with E-state index >= 15 is 0 Å². The molecular weight excluding hydrogens is 398 g/mol. The highest BCUT2D eigenvalue weighted by Crippen LogP contribution is 2.16. The Morgan fingerprint density at radius 3 is 2.29 bits per heavy atom. The van der Waals surface area contributed by atoms with E-state index in [2.05, 4.69) is 16.2 Å². The summed E-state index contributed by atoms with van der Waals surface area (Å²) in [6, 6.07) is 12.3. The lowest BCUT2D eigenvalue weighted by molar-refractivity contribution is -0.124. The van der Waals surface area contributed by atoms with E-state index in [4.69, 9.17) is 9.47 Å². The summed E-state index contributed by atoms with van der Waals surface area (Å²) < 4.78 is 10.7. The second-order valence-corrected chi connectivity index (χ2v) is 6.94. The minimum atomic E-state index is -0.464. The van der Waals surface area contributed by atoms with E-state index in [0.717, 1.165) is 16.8 Å². The number of hydrogen-bond acceptors (Lipinski definition) is 5. The van der Waals surface area contributed by atoms with Gasteiger partial charge in [-0.3, -0.25) is 25.2 Å². The molecule has 3 amide bonds. The molecule has 0 aromatic heterocycles. The van der Waals surface area contributed by atoms with Gasteiger partial charge in [0, 0.05) is 30.7 Å². The van der Waals surface area contributed by atoms with Gasteiger partial charge >= 0.3 is 0 Å². The van der Waals surface area contributed by atoms with Crippen LogP contribution in [0.3, 0.4) is 0 Å². The zero-order valence-electron chi connectivity index (χ0n) is 18.1. The number of hydrazine groups is 1. The van der Waals surface area contributed by atoms with Gasteiger partial charge in [-0.05, 0) is 62.2 Å². The highest BCUT2D eigenvalue weighted by Gasteiger charge is 2.11. The number of carbonyl (C=O) groups excluding carboxylic acids is 3. The number of aryl methyl sites for hydroxylation is 2. The molecule has 0 atom stereocenters. The van der Waals surface area contributed by atoms with Crippen LogP contribution in [-0.4, -0.2) is 37.5 Å². The third-order valence-corrected chi connectivity index (χ3v) is 4.38. The van der Waals surface area contributed by atoms with Crippen molar-refractivity contribution in [2.45, 2.75) is 33.6 Å². The molecule has 0 unspecified atom stereocenters. The number of rotatable bonds is 10. The Morgan fingerprint density at radius 2 is 1.58 bits per heavy atom. The summed E-state index contributed by atoms with van der Waals surface area (Å²) >= 11 is 0. The standard InChI is InChI=1S/C23H29N3O5/c1-4-30-13-14-31-19-9-7-18(8-10-19)23(29)26-25-22(28)12-11-21(27)24-20-15-16(2)5-6-17(20)3/h5-10,15H,4,11-14H2,1-3H3,(H,24,27)(H,25,28)(H,26,29). The summed E-state index contributed by atoms with van der Waals surface area (Å²) in [6.07, 6.45) is -0.0492. The van der Waals surface area contributed by atoms with Crippen LogP contribution in [0.15, 0.2) is 42.5 Å². The van der Waals surface area contributed by atoms with Crippen LogP contribution in [0.1, 0.15) is 41.3 Å². The second kappa shape index (κ2) is 12.3. The molecule has 0 saturated carbocycles. The van der Waals surface area contributed by atoms with Crippen molar-refractivity contribution in [1.29, 1.82) is 0 Å². The number of carbonyl (C=O) groups is 3. The van der Waals surface area contributed by atoms with Gasteiger partial charge in [-0.1, -0.05) is 12.1 Å². The molecule has 2 aromatic rings. The third-order valence-electron chi connectivity index (χ3n) is 4.38. The molecule has 31 heavy (non-hydrogen) atoms. The van der Waals surface area contributed by atoms with Crippen LogP contribution < -0.4 is 20.9 Å². The molecule has 0 heterocycles. The van der Waals surface area contributed by atoms with Gasteiger partial charge in [-0.25, -0.2) is 0 Å². The minimum Gasteiger partial charge on any atom is -0.491 e. The Kier molecular flexibility index (Phi) is 9.51. The highest BCUT2D eigenvalue weighted by molar-refractivity contribution is 5.96. The molecule has 0 aliphatic rings. The van der Waals surface area contributed by atoms with Crippen molar-refractivity contribution >= 4 is 23.4 Å². The molecule has 0 aliphatic heterocycles. The maximum absolute atomic E-state index is 12.1. The predicted molar refractivity (Wildman–Crippen MR) is 118 cm³/mol. The fourth-order valence-corrected chi connectivity index (χ4v) is 2.64. The summed E-state index contributed by atoms with van der Waals surface area (Å²) in [6.45, 7) is 7.30. The lowest BCUT2D eigenvalue weighted by Crippen LogP contribution is -2.41. The van der Waals surface area contributed by atoms with E-state index in [-0.39, 0.29) is 18.7 Å². The fraction of sp³-hybridized carbons (Fsp3) is 0.348. The quantitative estimate of drug-likeness (QED) is 0.399. The van der Waals surface area contributed by atoms with Crippen LogP contribution in [-0.2, 0) is 14.3 Å². The molecule has 0 aliphatic carbocycles. The van der Waals surface area contributed by atoms with Gasteiger partial charge in [-0.2, -0.15) is 0 Å². The Morgan fingerprint density at radius 1 is 0.871 bits per heavy atom. The lowest BCUT2D eigenvalue weighted by Gasteiger charge is -2.10. The minimum absolute atomic E-state index is 0.00284. The molecule has 166 valence electrons. The van der Waals surface area contributed by atoms with Gasteiger partial charge in [0.15, 0.2) is 0 Å². The fourth-order valence-electron chi connectivity index (χ4n) is 2.64. The van der Waals surface area contributed by atoms with Gasteiger partial charge in [-0.15, -0.1) is 0 Å². The SMILES string of the molecule is CCOCCOc1ccc(C(=O)NNC(=O)CCC(=O)Nc2cc(C)ccc2C)cc1. The molecule has 8 nitrogen and oxygen atoms in total. The first-order valence-corrected chi connectivity index (χ1v) is 10.2. The molecule has 0 fully saturated rings. The van der Waals surface area contributed by atoms with Crippen molar-refractivity contribution in [1.82, 2.24) is 10.9 Å². The van der Waals surface area contributed by atoms with Crippen molar-refractivity contribution in [2.75, 3.05) is 25.1 Å². The van der Waals surface area contributed by atoms with Gasteiger partial charge in [0.05, 0.1) is 6.61 Å². The monoisotopic (exact) mass is 427 g/mol. The van der Waals surface area contributed by atoms with Crippen molar-refractivity contribution in [2.24, 2.45) is 0 Å². The van der Waals surface area contributed by atoms with Gasteiger partial charge in [0.1, 0.15) is 12.4 Å². The van der Waals surface area contributed by atoms with Crippen molar-refractivity contribution in [3.05, 3.63) is 59.2 Å². The van der Waals surface area contributed by atoms with E-state index in [0.29, 0.717) is 31.1 Å². The van der Waals surface area contributed by atoms with E-state index in [1.165, 1.54) is 0 Å². The average Bonchev–Trinajstić information content (AvgIpc) is 2.76. The average molecular weight is 428 g/mol. The zero-order valence-corrected chi connectivity index (χ0v) is 18.1. The predicted octanol–water partition coefficient (Wildman–Crippen LogP) is 2.90. The molecule has 3 N–H and O–H groups in total. The topological polar surface area (TPSA) is 106 Å². The van der Waals surface area contributed by atoms with E-state index in [1.807, 2.05) is 39.0 Å². The Balaban J connectivity index is 1.71. The summed E-state index contributed by atoms with van der Waals surface area (Å²) in [5.41, 5.74) is 7.73. The Bertz CT molecular complexity index is 897. The number of benzene rings is 2. The second-order valence-electron chi connectivity index (χ2n) is 6.94. The number of amides is 3. The van der Waals surface area contributed by atoms with E-state index < -0.39 is 11.8 Å². The first-order valence-electron chi connectivity index (χ1n) is 10.2. The summed E-state index contributed by atoms with van der Waals surface area (Å²) in [5, 5.41) is 2.80. The van der Waals surface area contributed by atoms with Crippen LogP contribution in [0, 0.1) is 13.8 Å². The number of ether oxygens (including phenoxy) is 2. The zero-order chi connectivity index (χ0) is 22.6. The molecular formula is C23H29N3O5. The summed E-state index contributed by atoms with van der Waals surface area (Å²) in [5.74, 6) is -0.570. The van der Waals surface area contributed by atoms with Crippen molar-refractivity contribution in [3.63, 3.8) is 0 Å². The van der Waals surface area contributed by atoms with Gasteiger partial charge in [0.2, 0.25) is 11.8 Å². The molecule has 0 radical (unpaired) electrons. The largest absolute Gasteiger partial charge is 0.491 e. The Hall–Kier alpha value is -3.39. The van der Waals surface area contributed by atoms with Crippen LogP contribution in [0.5, 0.6) is 5.75 Å². The van der Waals surface area contributed by atoms with Gasteiger partial charge < -0.3 is 14.8 Å². The van der Waals surface area contributed by atoms with Crippen LogP contribution in [0.2, 0.25) is 0 Å². The van der Waals surface area contributed by atoms with Crippen LogP contribution >= 0.6 is 0 Å². The van der Waals surface area contributed by atoms with Crippen molar-refractivity contribution < 1.29 is 23.9 Å². The smallest absolute Gasteiger partial charge is 0.269 e. The van der Waals surface area contributed by atoms with Crippen molar-refractivity contribution in [3.8, 4) is 5.75 Å². The first-order chi connectivity index (χ1) is 14.9. The van der Waals surface area contributed by atoms with E-state index in [1.54, 1.807) is 24.3 Å². The number of anilines is 1. The summed E-state index contributed by atoms with van der Waals surface area (Å²) in [4.78, 5) is 36.2. The van der Waals surface area contributed by atoms with E-state index in [9.17, 15) is 14.4 Å². The molecule has 0 spiro atoms.